The topological polar surface area (TPSA) is 58.2 Å². The quantitative estimate of drug-likeness (QED) is 0.822. The lowest BCUT2D eigenvalue weighted by Crippen LogP contribution is -2.43. The molecule has 2 fully saturated rings. The van der Waals surface area contributed by atoms with Crippen molar-refractivity contribution in [3.05, 3.63) is 0 Å². The van der Waals surface area contributed by atoms with Crippen molar-refractivity contribution in [2.24, 2.45) is 5.92 Å². The molecule has 108 valence electrons. The largest absolute Gasteiger partial charge is 0.354 e. The van der Waals surface area contributed by atoms with E-state index in [0.29, 0.717) is 6.04 Å². The van der Waals surface area contributed by atoms with Gasteiger partial charge in [0.1, 0.15) is 0 Å². The Bertz CT molecular complexity index is 316. The van der Waals surface area contributed by atoms with Crippen LogP contribution in [0.3, 0.4) is 0 Å². The van der Waals surface area contributed by atoms with Gasteiger partial charge in [0.2, 0.25) is 11.8 Å². The highest BCUT2D eigenvalue weighted by atomic mass is 16.2. The lowest BCUT2D eigenvalue weighted by molar-refractivity contribution is -0.127. The second-order valence-electron chi connectivity index (χ2n) is 6.09. The molecule has 2 N–H and O–H groups in total. The van der Waals surface area contributed by atoms with E-state index < -0.39 is 0 Å². The maximum atomic E-state index is 12.2. The van der Waals surface area contributed by atoms with Gasteiger partial charge >= 0.3 is 0 Å². The molecule has 0 bridgehead atoms. The Kier molecular flexibility index (Phi) is 5.23. The minimum absolute atomic E-state index is 0.0371. The van der Waals surface area contributed by atoms with Gasteiger partial charge in [-0.05, 0) is 38.5 Å². The Hall–Kier alpha value is -1.06. The molecule has 0 spiro atoms. The van der Waals surface area contributed by atoms with Gasteiger partial charge in [0.05, 0.1) is 0 Å². The van der Waals surface area contributed by atoms with E-state index in [0.717, 1.165) is 38.5 Å². The molecule has 0 heterocycles. The van der Waals surface area contributed by atoms with Crippen molar-refractivity contribution < 1.29 is 9.59 Å². The summed E-state index contributed by atoms with van der Waals surface area (Å²) in [6, 6.07) is 0.686. The van der Waals surface area contributed by atoms with Gasteiger partial charge in [-0.25, -0.2) is 0 Å². The second kappa shape index (κ2) is 6.92. The molecule has 4 heteroatoms. The normalized spacial score (nSPS) is 28.7. The van der Waals surface area contributed by atoms with Crippen LogP contribution in [0.5, 0.6) is 0 Å². The van der Waals surface area contributed by atoms with E-state index in [-0.39, 0.29) is 23.8 Å². The third-order valence-electron chi connectivity index (χ3n) is 4.46. The number of hydrogen-bond donors (Lipinski definition) is 2. The Morgan fingerprint density at radius 3 is 1.95 bits per heavy atom. The van der Waals surface area contributed by atoms with Crippen LogP contribution in [0.4, 0.5) is 0 Å². The monoisotopic (exact) mass is 266 g/mol. The molecule has 0 unspecified atom stereocenters. The van der Waals surface area contributed by atoms with Gasteiger partial charge in [-0.1, -0.05) is 19.3 Å². The van der Waals surface area contributed by atoms with Crippen molar-refractivity contribution in [1.82, 2.24) is 10.6 Å². The van der Waals surface area contributed by atoms with Gasteiger partial charge in [-0.2, -0.15) is 0 Å². The molecule has 0 radical (unpaired) electrons. The van der Waals surface area contributed by atoms with Gasteiger partial charge in [0.15, 0.2) is 0 Å². The molecule has 2 aliphatic rings. The molecule has 0 atom stereocenters. The van der Waals surface area contributed by atoms with E-state index in [9.17, 15) is 9.59 Å². The van der Waals surface area contributed by atoms with Gasteiger partial charge in [-0.15, -0.1) is 0 Å². The number of nitrogens with one attached hydrogen (secondary N) is 2. The highest BCUT2D eigenvalue weighted by molar-refractivity contribution is 5.79. The third-order valence-corrected chi connectivity index (χ3v) is 4.46. The van der Waals surface area contributed by atoms with E-state index in [1.807, 2.05) is 0 Å². The number of rotatable bonds is 3. The Morgan fingerprint density at radius 2 is 1.37 bits per heavy atom. The minimum atomic E-state index is 0.0371. The molecule has 2 aliphatic carbocycles. The van der Waals surface area contributed by atoms with Crippen molar-refractivity contribution in [2.45, 2.75) is 76.8 Å². The highest BCUT2D eigenvalue weighted by Gasteiger charge is 2.28. The van der Waals surface area contributed by atoms with Gasteiger partial charge < -0.3 is 10.6 Å². The van der Waals surface area contributed by atoms with E-state index in [1.54, 1.807) is 6.92 Å². The summed E-state index contributed by atoms with van der Waals surface area (Å²) in [7, 11) is 0. The molecule has 19 heavy (non-hydrogen) atoms. The maximum Gasteiger partial charge on any atom is 0.223 e. The van der Waals surface area contributed by atoms with Crippen LogP contribution < -0.4 is 10.6 Å². The number of carbonyl (C=O) groups excluding carboxylic acids is 2. The zero-order valence-electron chi connectivity index (χ0n) is 11.9. The van der Waals surface area contributed by atoms with Crippen molar-refractivity contribution in [2.75, 3.05) is 0 Å². The van der Waals surface area contributed by atoms with Crippen molar-refractivity contribution in [1.29, 1.82) is 0 Å². The summed E-state index contributed by atoms with van der Waals surface area (Å²) >= 11 is 0. The van der Waals surface area contributed by atoms with Crippen LogP contribution in [-0.2, 0) is 9.59 Å². The highest BCUT2D eigenvalue weighted by Crippen LogP contribution is 2.25. The summed E-state index contributed by atoms with van der Waals surface area (Å²) in [5, 5.41) is 6.17. The first-order valence-corrected chi connectivity index (χ1v) is 7.72. The Balaban J connectivity index is 1.71. The predicted molar refractivity (Wildman–Crippen MR) is 74.6 cm³/mol. The molecule has 2 saturated carbocycles. The fourth-order valence-corrected chi connectivity index (χ4v) is 3.35. The molecule has 0 saturated heterocycles. The molecule has 0 aliphatic heterocycles. The van der Waals surface area contributed by atoms with Crippen LogP contribution in [0.2, 0.25) is 0 Å². The maximum absolute atomic E-state index is 12.2. The first kappa shape index (κ1) is 14.4. The zero-order chi connectivity index (χ0) is 13.7. The minimum Gasteiger partial charge on any atom is -0.354 e. The fourth-order valence-electron chi connectivity index (χ4n) is 3.35. The average molecular weight is 266 g/mol. The van der Waals surface area contributed by atoms with Crippen LogP contribution >= 0.6 is 0 Å². The van der Waals surface area contributed by atoms with Gasteiger partial charge in [0, 0.05) is 24.9 Å². The smallest absolute Gasteiger partial charge is 0.223 e. The van der Waals surface area contributed by atoms with Crippen molar-refractivity contribution in [3.8, 4) is 0 Å². The summed E-state index contributed by atoms with van der Waals surface area (Å²) in [4.78, 5) is 23.2. The zero-order valence-corrected chi connectivity index (χ0v) is 11.9. The first-order valence-electron chi connectivity index (χ1n) is 7.72. The number of hydrogen-bond acceptors (Lipinski definition) is 2. The number of carbonyl (C=O) groups is 2. The fraction of sp³-hybridized carbons (Fsp3) is 0.867. The second-order valence-corrected chi connectivity index (χ2v) is 6.09. The Labute approximate surface area is 115 Å². The molecule has 4 nitrogen and oxygen atoms in total. The summed E-state index contributed by atoms with van der Waals surface area (Å²) in [6.45, 7) is 1.56. The molecule has 2 rings (SSSR count). The van der Waals surface area contributed by atoms with Gasteiger partial charge in [-0.3, -0.25) is 9.59 Å². The van der Waals surface area contributed by atoms with E-state index in [4.69, 9.17) is 0 Å². The molecule has 2 amide bonds. The van der Waals surface area contributed by atoms with Gasteiger partial charge in [0.25, 0.3) is 0 Å². The van der Waals surface area contributed by atoms with Crippen LogP contribution in [0.25, 0.3) is 0 Å². The Morgan fingerprint density at radius 1 is 0.789 bits per heavy atom. The molecular formula is C15H26N2O2. The van der Waals surface area contributed by atoms with Crippen molar-refractivity contribution in [3.63, 3.8) is 0 Å². The summed E-state index contributed by atoms with van der Waals surface area (Å²) in [6.07, 6.45) is 9.78. The summed E-state index contributed by atoms with van der Waals surface area (Å²) in [5.41, 5.74) is 0. The SMILES string of the molecule is CC(=O)NC1CCC(C(=O)NC2CCCCC2)CC1. The standard InChI is InChI=1S/C15H26N2O2/c1-11(18)16-14-9-7-12(8-10-14)15(19)17-13-5-3-2-4-6-13/h12-14H,2-10H2,1H3,(H,16,18)(H,17,19). The molecular weight excluding hydrogens is 240 g/mol. The van der Waals surface area contributed by atoms with Crippen LogP contribution in [0.15, 0.2) is 0 Å². The van der Waals surface area contributed by atoms with E-state index in [2.05, 4.69) is 10.6 Å². The van der Waals surface area contributed by atoms with E-state index >= 15 is 0 Å². The lowest BCUT2D eigenvalue weighted by atomic mass is 9.85. The molecule has 0 aromatic rings. The summed E-state index contributed by atoms with van der Waals surface area (Å²) < 4.78 is 0. The summed E-state index contributed by atoms with van der Waals surface area (Å²) in [5.74, 6) is 0.440. The van der Waals surface area contributed by atoms with Crippen LogP contribution in [0, 0.1) is 5.92 Å². The molecule has 0 aromatic heterocycles. The van der Waals surface area contributed by atoms with Crippen molar-refractivity contribution >= 4 is 11.8 Å². The third kappa shape index (κ3) is 4.51. The van der Waals surface area contributed by atoms with Crippen LogP contribution in [0.1, 0.15) is 64.7 Å². The lowest BCUT2D eigenvalue weighted by Gasteiger charge is -2.30. The first-order chi connectivity index (χ1) is 9.15. The predicted octanol–water partition coefficient (Wildman–Crippen LogP) is 2.13. The molecule has 0 aromatic carbocycles. The van der Waals surface area contributed by atoms with Crippen LogP contribution in [-0.4, -0.2) is 23.9 Å². The average Bonchev–Trinajstić information content (AvgIpc) is 2.40. The number of amides is 2. The van der Waals surface area contributed by atoms with E-state index in [1.165, 1.54) is 19.3 Å².